The highest BCUT2D eigenvalue weighted by Gasteiger charge is 2.38. The monoisotopic (exact) mass is 332 g/mol. The van der Waals surface area contributed by atoms with E-state index in [1.54, 1.807) is 11.3 Å². The molecule has 23 heavy (non-hydrogen) atoms. The Morgan fingerprint density at radius 2 is 2.35 bits per heavy atom. The predicted octanol–water partition coefficient (Wildman–Crippen LogP) is 1.59. The quantitative estimate of drug-likeness (QED) is 0.672. The summed E-state index contributed by atoms with van der Waals surface area (Å²) in [5.41, 5.74) is 4.62. The summed E-state index contributed by atoms with van der Waals surface area (Å²) in [5, 5.41) is 7.22. The van der Waals surface area contributed by atoms with Crippen molar-refractivity contribution in [1.82, 2.24) is 10.4 Å². The van der Waals surface area contributed by atoms with Gasteiger partial charge in [0.15, 0.2) is 5.13 Å². The number of carbonyl (C=O) groups is 1. The second-order valence-corrected chi connectivity index (χ2v) is 7.01. The lowest BCUT2D eigenvalue weighted by Crippen LogP contribution is -2.36. The maximum Gasteiger partial charge on any atom is 0.246 e. The smallest absolute Gasteiger partial charge is 0.246 e. The molecule has 0 spiro atoms. The topological polar surface area (TPSA) is 66.8 Å². The summed E-state index contributed by atoms with van der Waals surface area (Å²) in [7, 11) is 0. The summed E-state index contributed by atoms with van der Waals surface area (Å²) < 4.78 is 5.34. The fraction of sp³-hybridized carbons (Fsp3) is 0.562. The third-order valence-corrected chi connectivity index (χ3v) is 5.60. The van der Waals surface area contributed by atoms with Crippen molar-refractivity contribution >= 4 is 28.1 Å². The fourth-order valence-corrected chi connectivity index (χ4v) is 4.16. The first-order valence-corrected chi connectivity index (χ1v) is 8.96. The Labute approximate surface area is 139 Å². The number of hydrazone groups is 1. The van der Waals surface area contributed by atoms with Gasteiger partial charge in [0, 0.05) is 30.1 Å². The predicted molar refractivity (Wildman–Crippen MR) is 89.8 cm³/mol. The van der Waals surface area contributed by atoms with E-state index in [0.29, 0.717) is 11.8 Å². The maximum atomic E-state index is 12.0. The van der Waals surface area contributed by atoms with Gasteiger partial charge in [0.05, 0.1) is 25.3 Å². The molecule has 1 N–H and O–H groups in total. The summed E-state index contributed by atoms with van der Waals surface area (Å²) in [6.07, 6.45) is 6.80. The number of allylic oxidation sites excluding steroid dienone is 2. The standard InChI is InChI=1S/C16H20N4O2S/c21-15(19-18-14-8-11-2-1-3-13(11)14)9-12-10-23-16(17-12)20-4-6-22-7-5-20/h1-2,10-11,13H,3-9H2,(H,19,21)/b18-14-/t11-,13+/m1/s1. The van der Waals surface area contributed by atoms with Crippen molar-refractivity contribution in [2.24, 2.45) is 16.9 Å². The summed E-state index contributed by atoms with van der Waals surface area (Å²) >= 11 is 1.59. The third-order valence-electron chi connectivity index (χ3n) is 4.65. The van der Waals surface area contributed by atoms with Gasteiger partial charge in [-0.1, -0.05) is 12.2 Å². The molecule has 0 bridgehead atoms. The van der Waals surface area contributed by atoms with Crippen molar-refractivity contribution in [2.45, 2.75) is 19.3 Å². The van der Waals surface area contributed by atoms with Crippen LogP contribution in [0.2, 0.25) is 0 Å². The molecular weight excluding hydrogens is 312 g/mol. The molecule has 6 nitrogen and oxygen atoms in total. The van der Waals surface area contributed by atoms with Crippen molar-refractivity contribution < 1.29 is 9.53 Å². The van der Waals surface area contributed by atoms with Crippen molar-refractivity contribution in [1.29, 1.82) is 0 Å². The van der Waals surface area contributed by atoms with Crippen molar-refractivity contribution in [2.75, 3.05) is 31.2 Å². The summed E-state index contributed by atoms with van der Waals surface area (Å²) in [6, 6.07) is 0. The lowest BCUT2D eigenvalue weighted by molar-refractivity contribution is -0.120. The minimum absolute atomic E-state index is 0.0919. The number of fused-ring (bicyclic) bond motifs is 1. The van der Waals surface area contributed by atoms with Gasteiger partial charge in [0.1, 0.15) is 0 Å². The van der Waals surface area contributed by atoms with Gasteiger partial charge in [-0.2, -0.15) is 5.10 Å². The molecule has 1 saturated carbocycles. The third kappa shape index (κ3) is 3.16. The molecule has 7 heteroatoms. The van der Waals surface area contributed by atoms with E-state index in [9.17, 15) is 4.79 Å². The minimum atomic E-state index is -0.0919. The molecule has 1 aromatic heterocycles. The average molecular weight is 332 g/mol. The Kier molecular flexibility index (Phi) is 4.13. The Morgan fingerprint density at radius 3 is 3.17 bits per heavy atom. The highest BCUT2D eigenvalue weighted by Crippen LogP contribution is 2.40. The van der Waals surface area contributed by atoms with Crippen LogP contribution in [0.3, 0.4) is 0 Å². The molecular formula is C16H20N4O2S. The second-order valence-electron chi connectivity index (χ2n) is 6.17. The van der Waals surface area contributed by atoms with Crippen LogP contribution in [0.4, 0.5) is 5.13 Å². The van der Waals surface area contributed by atoms with E-state index in [1.165, 1.54) is 0 Å². The van der Waals surface area contributed by atoms with Crippen molar-refractivity contribution in [3.63, 3.8) is 0 Å². The van der Waals surface area contributed by atoms with Gasteiger partial charge >= 0.3 is 0 Å². The fourth-order valence-electron chi connectivity index (χ4n) is 3.28. The number of ether oxygens (including phenoxy) is 1. The van der Waals surface area contributed by atoms with Crippen LogP contribution in [0, 0.1) is 11.8 Å². The number of rotatable bonds is 4. The zero-order valence-electron chi connectivity index (χ0n) is 12.9. The summed E-state index contributed by atoms with van der Waals surface area (Å²) in [4.78, 5) is 18.8. The number of hydrogen-bond acceptors (Lipinski definition) is 6. The highest BCUT2D eigenvalue weighted by atomic mass is 32.1. The molecule has 0 aromatic carbocycles. The first-order chi connectivity index (χ1) is 11.3. The SMILES string of the molecule is O=C(Cc1csc(N2CCOCC2)n1)N/N=C1/C[C@H]2C=CC[C@H]12. The number of thiazole rings is 1. The van der Waals surface area contributed by atoms with E-state index in [-0.39, 0.29) is 12.3 Å². The Bertz CT molecular complexity index is 648. The lowest BCUT2D eigenvalue weighted by Gasteiger charge is -2.31. The molecule has 1 amide bonds. The van der Waals surface area contributed by atoms with Crippen LogP contribution in [-0.4, -0.2) is 42.9 Å². The van der Waals surface area contributed by atoms with Gasteiger partial charge in [-0.3, -0.25) is 4.79 Å². The number of nitrogens with one attached hydrogen (secondary N) is 1. The van der Waals surface area contributed by atoms with Gasteiger partial charge < -0.3 is 9.64 Å². The van der Waals surface area contributed by atoms with Gasteiger partial charge in [-0.25, -0.2) is 10.4 Å². The van der Waals surface area contributed by atoms with Crippen LogP contribution < -0.4 is 10.3 Å². The highest BCUT2D eigenvalue weighted by molar-refractivity contribution is 7.13. The zero-order chi connectivity index (χ0) is 15.6. The van der Waals surface area contributed by atoms with Gasteiger partial charge in [0.2, 0.25) is 5.91 Å². The molecule has 1 saturated heterocycles. The van der Waals surface area contributed by atoms with E-state index >= 15 is 0 Å². The number of carbonyl (C=O) groups excluding carboxylic acids is 1. The van der Waals surface area contributed by atoms with E-state index in [2.05, 4.69) is 32.6 Å². The molecule has 0 radical (unpaired) electrons. The normalized spacial score (nSPS) is 27.8. The largest absolute Gasteiger partial charge is 0.378 e. The van der Waals surface area contributed by atoms with Crippen LogP contribution >= 0.6 is 11.3 Å². The van der Waals surface area contributed by atoms with Gasteiger partial charge in [-0.15, -0.1) is 11.3 Å². The molecule has 1 aliphatic heterocycles. The van der Waals surface area contributed by atoms with Gasteiger partial charge in [-0.05, 0) is 18.8 Å². The molecule has 1 aromatic rings. The number of nitrogens with zero attached hydrogens (tertiary/aromatic N) is 3. The number of anilines is 1. The molecule has 3 aliphatic rings. The Morgan fingerprint density at radius 1 is 1.48 bits per heavy atom. The molecule has 2 aliphatic carbocycles. The second kappa shape index (κ2) is 6.41. The summed E-state index contributed by atoms with van der Waals surface area (Å²) in [5.74, 6) is 1.09. The van der Waals surface area contributed by atoms with Gasteiger partial charge in [0.25, 0.3) is 0 Å². The van der Waals surface area contributed by atoms with E-state index in [0.717, 1.165) is 55.7 Å². The number of morpholine rings is 1. The summed E-state index contributed by atoms with van der Waals surface area (Å²) in [6.45, 7) is 3.21. The molecule has 2 fully saturated rings. The number of aromatic nitrogens is 1. The first kappa shape index (κ1) is 14.8. The molecule has 2 atom stereocenters. The lowest BCUT2D eigenvalue weighted by atomic mass is 9.74. The van der Waals surface area contributed by atoms with Crippen molar-refractivity contribution in [3.05, 3.63) is 23.2 Å². The van der Waals surface area contributed by atoms with Crippen LogP contribution in [0.15, 0.2) is 22.6 Å². The van der Waals surface area contributed by atoms with Crippen LogP contribution in [0.5, 0.6) is 0 Å². The number of amides is 1. The van der Waals surface area contributed by atoms with Crippen molar-refractivity contribution in [3.8, 4) is 0 Å². The van der Waals surface area contributed by atoms with Crippen LogP contribution in [-0.2, 0) is 16.0 Å². The van der Waals surface area contributed by atoms with Crippen LogP contribution in [0.1, 0.15) is 18.5 Å². The molecule has 2 heterocycles. The van der Waals surface area contributed by atoms with E-state index < -0.39 is 0 Å². The average Bonchev–Trinajstić information content (AvgIpc) is 3.16. The Balaban J connectivity index is 1.29. The number of hydrogen-bond donors (Lipinski definition) is 1. The van der Waals surface area contributed by atoms with Crippen LogP contribution in [0.25, 0.3) is 0 Å². The van der Waals surface area contributed by atoms with E-state index in [4.69, 9.17) is 4.74 Å². The Hall–Kier alpha value is -1.73. The first-order valence-electron chi connectivity index (χ1n) is 8.08. The minimum Gasteiger partial charge on any atom is -0.378 e. The van der Waals surface area contributed by atoms with E-state index in [1.807, 2.05) is 5.38 Å². The molecule has 0 unspecified atom stereocenters. The molecule has 122 valence electrons. The zero-order valence-corrected chi connectivity index (χ0v) is 13.7. The molecule has 4 rings (SSSR count). The maximum absolute atomic E-state index is 12.0.